The van der Waals surface area contributed by atoms with Crippen molar-refractivity contribution in [2.75, 3.05) is 6.61 Å². The summed E-state index contributed by atoms with van der Waals surface area (Å²) in [4.78, 5) is 26.3. The van der Waals surface area contributed by atoms with Gasteiger partial charge in [0.1, 0.15) is 6.10 Å². The molecule has 0 aliphatic carbocycles. The van der Waals surface area contributed by atoms with E-state index in [1.807, 2.05) is 0 Å². The topological polar surface area (TPSA) is 95.9 Å². The van der Waals surface area contributed by atoms with Crippen LogP contribution in [0.4, 0.5) is 0 Å². The summed E-state index contributed by atoms with van der Waals surface area (Å²) in [7, 11) is 0. The van der Waals surface area contributed by atoms with E-state index in [0.29, 0.717) is 19.3 Å². The van der Waals surface area contributed by atoms with Gasteiger partial charge in [0, 0.05) is 6.42 Å². The fourth-order valence-corrected chi connectivity index (χ4v) is 8.45. The highest BCUT2D eigenvalue weighted by Crippen LogP contribution is 2.18. The van der Waals surface area contributed by atoms with Crippen molar-refractivity contribution in [3.63, 3.8) is 0 Å². The fraction of sp³-hybridized carbons (Fsp3) is 0.770. The van der Waals surface area contributed by atoms with Crippen molar-refractivity contribution >= 4 is 11.9 Å². The van der Waals surface area contributed by atoms with Crippen LogP contribution in [0.3, 0.4) is 0 Å². The maximum absolute atomic E-state index is 13.3. The Bertz CT molecular complexity index is 1230. The first-order chi connectivity index (χ1) is 33.0. The van der Waals surface area contributed by atoms with Crippen molar-refractivity contribution in [2.24, 2.45) is 0 Å². The number of hydrogen-bond acceptors (Lipinski definition) is 5. The number of allylic oxidation sites excluding steroid dienone is 12. The van der Waals surface area contributed by atoms with Gasteiger partial charge in [-0.25, -0.2) is 0 Å². The van der Waals surface area contributed by atoms with E-state index in [4.69, 9.17) is 4.74 Å². The second-order valence-corrected chi connectivity index (χ2v) is 19.3. The molecule has 0 aromatic carbocycles. The number of amides is 1. The molecule has 0 fully saturated rings. The third-order valence-electron chi connectivity index (χ3n) is 12.8. The van der Waals surface area contributed by atoms with E-state index < -0.39 is 18.2 Å². The molecule has 67 heavy (non-hydrogen) atoms. The summed E-state index contributed by atoms with van der Waals surface area (Å²) in [6, 6.07) is -0.720. The molecule has 3 atom stereocenters. The molecule has 0 aliphatic rings. The quantitative estimate of drug-likeness (QED) is 0.0321. The van der Waals surface area contributed by atoms with Crippen molar-refractivity contribution in [3.05, 3.63) is 72.9 Å². The second-order valence-electron chi connectivity index (χ2n) is 19.3. The Hall–Kier alpha value is -2.70. The van der Waals surface area contributed by atoms with Gasteiger partial charge in [-0.05, 0) is 96.3 Å². The molecule has 0 aromatic rings. The third-order valence-corrected chi connectivity index (χ3v) is 12.8. The first-order valence-corrected chi connectivity index (χ1v) is 28.7. The third kappa shape index (κ3) is 49.5. The van der Waals surface area contributed by atoms with E-state index in [9.17, 15) is 19.8 Å². The Morgan fingerprint density at radius 2 is 0.806 bits per heavy atom. The molecule has 0 saturated carbocycles. The van der Waals surface area contributed by atoms with Crippen LogP contribution < -0.4 is 5.32 Å². The number of hydrogen-bond donors (Lipinski definition) is 3. The first-order valence-electron chi connectivity index (χ1n) is 28.7. The average Bonchev–Trinajstić information content (AvgIpc) is 3.32. The maximum atomic E-state index is 13.3. The van der Waals surface area contributed by atoms with Gasteiger partial charge in [0.2, 0.25) is 5.91 Å². The molecule has 3 unspecified atom stereocenters. The summed E-state index contributed by atoms with van der Waals surface area (Å²) in [5, 5.41) is 23.9. The van der Waals surface area contributed by atoms with E-state index >= 15 is 0 Å². The minimum atomic E-state index is -0.804. The Kier molecular flexibility index (Phi) is 52.1. The van der Waals surface area contributed by atoms with Gasteiger partial charge < -0.3 is 20.3 Å². The maximum Gasteiger partial charge on any atom is 0.306 e. The van der Waals surface area contributed by atoms with Crippen LogP contribution in [-0.4, -0.2) is 46.9 Å². The standard InChI is InChI=1S/C61H109NO5/c1-4-7-10-13-16-19-22-25-28-30-32-35-38-41-44-47-50-53-59(64)58(56-63)62-60(65)55-57(52-49-46-43-40-37-34-31-27-24-21-18-15-12-9-6-3)67-61(66)54-51-48-45-42-39-36-33-29-26-23-20-17-14-11-8-5-2/h8,11,17-18,20-21,26-27,29,31,37,40,57-59,63-64H,4-7,9-10,12-16,19,22-25,28,30,32-36,38-39,41-56H2,1-3H3,(H,62,65)/b11-8+,20-17+,21-18-,29-26+,31-27-,40-37-. The van der Waals surface area contributed by atoms with Crippen molar-refractivity contribution in [3.8, 4) is 0 Å². The van der Waals surface area contributed by atoms with Crippen LogP contribution in [0.15, 0.2) is 72.9 Å². The molecule has 388 valence electrons. The number of carbonyl (C=O) groups is 2. The number of nitrogens with one attached hydrogen (secondary N) is 1. The van der Waals surface area contributed by atoms with Gasteiger partial charge in [0.25, 0.3) is 0 Å². The van der Waals surface area contributed by atoms with E-state index in [2.05, 4.69) is 99.0 Å². The zero-order valence-corrected chi connectivity index (χ0v) is 44.3. The number of carbonyl (C=O) groups excluding carboxylic acids is 2. The molecule has 0 heterocycles. The van der Waals surface area contributed by atoms with Crippen LogP contribution in [0.2, 0.25) is 0 Å². The Morgan fingerprint density at radius 3 is 1.27 bits per heavy atom. The van der Waals surface area contributed by atoms with Crippen molar-refractivity contribution < 1.29 is 24.5 Å². The molecule has 0 aromatic heterocycles. The Morgan fingerprint density at radius 1 is 0.448 bits per heavy atom. The van der Waals surface area contributed by atoms with Gasteiger partial charge in [-0.1, -0.05) is 241 Å². The predicted molar refractivity (Wildman–Crippen MR) is 291 cm³/mol. The minimum absolute atomic E-state index is 0.0444. The number of ether oxygens (including phenoxy) is 1. The van der Waals surface area contributed by atoms with Crippen molar-refractivity contribution in [1.82, 2.24) is 5.32 Å². The number of unbranched alkanes of at least 4 members (excludes halogenated alkanes) is 27. The van der Waals surface area contributed by atoms with Crippen LogP contribution in [0.1, 0.15) is 278 Å². The smallest absolute Gasteiger partial charge is 0.306 e. The zero-order valence-electron chi connectivity index (χ0n) is 44.3. The lowest BCUT2D eigenvalue weighted by Gasteiger charge is -2.24. The molecule has 0 saturated heterocycles. The van der Waals surface area contributed by atoms with Crippen LogP contribution in [-0.2, 0) is 14.3 Å². The highest BCUT2D eigenvalue weighted by molar-refractivity contribution is 5.77. The molecular weight excluding hydrogens is 827 g/mol. The minimum Gasteiger partial charge on any atom is -0.462 e. The Balaban J connectivity index is 4.61. The van der Waals surface area contributed by atoms with Crippen molar-refractivity contribution in [2.45, 2.75) is 296 Å². The monoisotopic (exact) mass is 936 g/mol. The fourth-order valence-electron chi connectivity index (χ4n) is 8.45. The molecule has 3 N–H and O–H groups in total. The molecule has 0 radical (unpaired) electrons. The molecule has 6 nitrogen and oxygen atoms in total. The highest BCUT2D eigenvalue weighted by atomic mass is 16.5. The van der Waals surface area contributed by atoms with E-state index in [0.717, 1.165) is 96.3 Å². The molecular formula is C61H109NO5. The number of esters is 1. The van der Waals surface area contributed by atoms with E-state index in [1.54, 1.807) is 0 Å². The summed E-state index contributed by atoms with van der Waals surface area (Å²) < 4.78 is 5.93. The molecule has 0 rings (SSSR count). The summed E-state index contributed by atoms with van der Waals surface area (Å²) in [5.41, 5.74) is 0. The molecule has 6 heteroatoms. The van der Waals surface area contributed by atoms with E-state index in [1.165, 1.54) is 135 Å². The lowest BCUT2D eigenvalue weighted by molar-refractivity contribution is -0.151. The second kappa shape index (κ2) is 54.2. The summed E-state index contributed by atoms with van der Waals surface area (Å²) in [6.45, 7) is 6.35. The predicted octanol–water partition coefficient (Wildman–Crippen LogP) is 17.7. The molecule has 0 bridgehead atoms. The van der Waals surface area contributed by atoms with Gasteiger partial charge in [0.15, 0.2) is 0 Å². The van der Waals surface area contributed by atoms with Gasteiger partial charge in [-0.2, -0.15) is 0 Å². The average molecular weight is 937 g/mol. The van der Waals surface area contributed by atoms with E-state index in [-0.39, 0.29) is 24.9 Å². The van der Waals surface area contributed by atoms with Crippen molar-refractivity contribution in [1.29, 1.82) is 0 Å². The largest absolute Gasteiger partial charge is 0.462 e. The van der Waals surface area contributed by atoms with Crippen LogP contribution >= 0.6 is 0 Å². The highest BCUT2D eigenvalue weighted by Gasteiger charge is 2.24. The van der Waals surface area contributed by atoms with Crippen LogP contribution in [0.5, 0.6) is 0 Å². The number of rotatable bonds is 51. The SMILES string of the molecule is CC/C=C/C/C=C/C/C=C/CCCCCCCCC(=O)OC(CCCC/C=C\C/C=C\C/C=C\CCCCC)CC(=O)NC(CO)C(O)CCCCCCCCCCCCCCCCCCC. The van der Waals surface area contributed by atoms with Gasteiger partial charge in [0.05, 0.1) is 25.2 Å². The molecule has 0 aliphatic heterocycles. The molecule has 1 amide bonds. The summed E-state index contributed by atoms with van der Waals surface area (Å²) >= 11 is 0. The van der Waals surface area contributed by atoms with Gasteiger partial charge in [-0.15, -0.1) is 0 Å². The lowest BCUT2D eigenvalue weighted by atomic mass is 10.0. The zero-order chi connectivity index (χ0) is 48.8. The molecule has 0 spiro atoms. The number of aliphatic hydroxyl groups excluding tert-OH is 2. The Labute approximate surface area is 415 Å². The summed E-state index contributed by atoms with van der Waals surface area (Å²) in [5.74, 6) is -0.523. The first kappa shape index (κ1) is 64.3. The lowest BCUT2D eigenvalue weighted by Crippen LogP contribution is -2.46. The van der Waals surface area contributed by atoms with Crippen LogP contribution in [0.25, 0.3) is 0 Å². The van der Waals surface area contributed by atoms with Gasteiger partial charge >= 0.3 is 5.97 Å². The number of aliphatic hydroxyl groups is 2. The normalized spacial score (nSPS) is 13.7. The van der Waals surface area contributed by atoms with Crippen LogP contribution in [0, 0.1) is 0 Å². The summed E-state index contributed by atoms with van der Waals surface area (Å²) in [6.07, 6.45) is 69.6. The van der Waals surface area contributed by atoms with Gasteiger partial charge in [-0.3, -0.25) is 9.59 Å².